The Bertz CT molecular complexity index is 2230. The Morgan fingerprint density at radius 3 is 0.759 bits per heavy atom. The molecule has 0 bridgehead atoms. The van der Waals surface area contributed by atoms with Crippen LogP contribution < -0.4 is 0 Å². The summed E-state index contributed by atoms with van der Waals surface area (Å²) in [6.07, 6.45) is 0. The first kappa shape index (κ1) is 41.3. The van der Waals surface area contributed by atoms with Crippen molar-refractivity contribution in [1.29, 1.82) is 0 Å². The molecule has 0 saturated carbocycles. The summed E-state index contributed by atoms with van der Waals surface area (Å²) in [5.74, 6) is 8.03. The molecule has 0 spiro atoms. The molecule has 0 heterocycles. The van der Waals surface area contributed by atoms with E-state index in [1.54, 1.807) is 0 Å². The summed E-state index contributed by atoms with van der Waals surface area (Å²) in [6.45, 7) is 50.9. The van der Waals surface area contributed by atoms with Crippen LogP contribution in [0.3, 0.4) is 0 Å². The summed E-state index contributed by atoms with van der Waals surface area (Å²) in [4.78, 5) is 0. The first-order chi connectivity index (χ1) is 25.1. The molecule has 0 aliphatic heterocycles. The second-order valence-electron chi connectivity index (χ2n) is 18.1. The van der Waals surface area contributed by atoms with Gasteiger partial charge in [-0.05, 0) is 203 Å². The van der Waals surface area contributed by atoms with Crippen molar-refractivity contribution < 1.29 is 0 Å². The van der Waals surface area contributed by atoms with Crippen molar-refractivity contribution in [2.75, 3.05) is 0 Å². The van der Waals surface area contributed by atoms with Gasteiger partial charge in [-0.1, -0.05) is 77.6 Å². The predicted molar refractivity (Wildman–Crippen MR) is 250 cm³/mol. The highest BCUT2D eigenvalue weighted by molar-refractivity contribution is 6.96. The fourth-order valence-electron chi connectivity index (χ4n) is 10.2. The Kier molecular flexibility index (Phi) is 11.2. The second-order valence-corrected chi connectivity index (χ2v) is 28.4. The molecule has 0 aliphatic rings. The summed E-state index contributed by atoms with van der Waals surface area (Å²) in [5.41, 5.74) is 23.1. The van der Waals surface area contributed by atoms with Gasteiger partial charge in [0.25, 0.3) is 0 Å². The van der Waals surface area contributed by atoms with Gasteiger partial charge in [-0.2, -0.15) is 0 Å². The maximum atomic E-state index is 4.61. The molecule has 0 nitrogen and oxygen atoms in total. The molecule has 5 aromatic carbocycles. The molecular weight excluding hydrogens is 681 g/mol. The molecule has 0 atom stereocenters. The predicted octanol–water partition coefficient (Wildman–Crippen LogP) is 15.3. The Labute approximate surface area is 330 Å². The van der Waals surface area contributed by atoms with Crippen molar-refractivity contribution >= 4 is 59.2 Å². The number of rotatable bonds is 6. The van der Waals surface area contributed by atoms with Gasteiger partial charge < -0.3 is 0 Å². The first-order valence-electron chi connectivity index (χ1n) is 20.3. The van der Waals surface area contributed by atoms with Crippen molar-refractivity contribution in [1.82, 2.24) is 0 Å². The Morgan fingerprint density at radius 1 is 0.389 bits per heavy atom. The van der Waals surface area contributed by atoms with Crippen molar-refractivity contribution in [2.45, 2.75) is 147 Å². The van der Waals surface area contributed by atoms with E-state index in [9.17, 15) is 0 Å². The molecule has 2 heteroatoms. The van der Waals surface area contributed by atoms with Crippen LogP contribution in [-0.4, -0.2) is 16.1 Å². The van der Waals surface area contributed by atoms with Gasteiger partial charge in [-0.25, -0.2) is 0 Å². The molecule has 54 heavy (non-hydrogen) atoms. The second kappa shape index (κ2) is 14.7. The number of allylic oxidation sites excluding steroid dienone is 2. The van der Waals surface area contributed by atoms with Crippen LogP contribution in [0.4, 0.5) is 0 Å². The number of hydrogen-bond donors (Lipinski definition) is 0. The van der Waals surface area contributed by atoms with E-state index in [1.807, 2.05) is 0 Å². The van der Waals surface area contributed by atoms with Gasteiger partial charge in [-0.15, -0.1) is 24.2 Å². The van der Waals surface area contributed by atoms with Crippen molar-refractivity contribution in [3.05, 3.63) is 103 Å². The molecule has 0 unspecified atom stereocenters. The van der Waals surface area contributed by atoms with E-state index in [1.165, 1.54) is 98.0 Å². The summed E-state index contributed by atoms with van der Waals surface area (Å²) >= 11 is 0. The standard InChI is InChI=1S/C52H66Si2/c1-29(2)53(30(3)4,31(5)6)23-21-43-49-25-45-39(17)35(13)37(15)41(19)47(45)27-51(49)44(22-24-54(32(7)8,33(9)10)34(11)12)52-28-48-42(20)38(16)36(14)40(18)46(48)26-50(43)52/h25-28,30-31,33-34H,1,7H2,2-6,8-20H3. The summed E-state index contributed by atoms with van der Waals surface area (Å²) in [6, 6.07) is 9.89. The van der Waals surface area contributed by atoms with E-state index < -0.39 is 16.1 Å². The van der Waals surface area contributed by atoms with Crippen LogP contribution in [0.2, 0.25) is 22.2 Å². The molecule has 0 aliphatic carbocycles. The molecule has 0 radical (unpaired) electrons. The van der Waals surface area contributed by atoms with Gasteiger partial charge in [0, 0.05) is 11.1 Å². The zero-order valence-corrected chi connectivity index (χ0v) is 39.0. The lowest BCUT2D eigenvalue weighted by molar-refractivity contribution is 0.920. The monoisotopic (exact) mass is 746 g/mol. The van der Waals surface area contributed by atoms with E-state index in [0.717, 1.165) is 11.1 Å². The van der Waals surface area contributed by atoms with Gasteiger partial charge in [0.1, 0.15) is 0 Å². The quantitative estimate of drug-likeness (QED) is 0.0922. The molecule has 5 rings (SSSR count). The number of aryl methyl sites for hydroxylation is 4. The maximum Gasteiger partial charge on any atom is 0.169 e. The topological polar surface area (TPSA) is 0 Å². The zero-order valence-electron chi connectivity index (χ0n) is 37.0. The Balaban J connectivity index is 2.21. The van der Waals surface area contributed by atoms with Gasteiger partial charge in [-0.3, -0.25) is 0 Å². The zero-order chi connectivity index (χ0) is 40.5. The lowest BCUT2D eigenvalue weighted by atomic mass is 9.84. The normalized spacial score (nSPS) is 12.4. The van der Waals surface area contributed by atoms with E-state index >= 15 is 0 Å². The minimum absolute atomic E-state index is 0.449. The van der Waals surface area contributed by atoms with Gasteiger partial charge in [0.05, 0.1) is 0 Å². The van der Waals surface area contributed by atoms with Crippen LogP contribution in [0.5, 0.6) is 0 Å². The van der Waals surface area contributed by atoms with Crippen LogP contribution in [0, 0.1) is 78.3 Å². The fourth-order valence-corrected chi connectivity index (χ4v) is 19.0. The van der Waals surface area contributed by atoms with Crippen molar-refractivity contribution in [2.24, 2.45) is 0 Å². The molecule has 0 aromatic heterocycles. The van der Waals surface area contributed by atoms with Gasteiger partial charge >= 0.3 is 0 Å². The number of fused-ring (bicyclic) bond motifs is 4. The van der Waals surface area contributed by atoms with Gasteiger partial charge in [0.2, 0.25) is 0 Å². The SMILES string of the molecule is C=C(C)[Si](C#Cc1c2cc3c(C)c(C)c(C)c(C)c3cc2c(C#C[Si](C(=C)C)(C(C)C)C(C)C)c2cc3c(C)c(C)c(C)c(C)c3cc12)(C(C)C)C(C)C. The minimum atomic E-state index is -2.24. The van der Waals surface area contributed by atoms with Crippen LogP contribution >= 0.6 is 0 Å². The van der Waals surface area contributed by atoms with E-state index in [4.69, 9.17) is 0 Å². The Morgan fingerprint density at radius 2 is 0.593 bits per heavy atom. The molecule has 0 amide bonds. The number of benzene rings is 5. The lowest BCUT2D eigenvalue weighted by Gasteiger charge is -2.35. The van der Waals surface area contributed by atoms with E-state index in [0.29, 0.717) is 22.2 Å². The first-order valence-corrected chi connectivity index (χ1v) is 24.6. The minimum Gasteiger partial charge on any atom is -0.120 e. The molecule has 0 N–H and O–H groups in total. The maximum absolute atomic E-state index is 4.61. The van der Waals surface area contributed by atoms with Crippen LogP contribution in [0.1, 0.15) is 125 Å². The third-order valence-electron chi connectivity index (χ3n) is 14.2. The smallest absolute Gasteiger partial charge is 0.120 e. The molecule has 282 valence electrons. The van der Waals surface area contributed by atoms with Crippen LogP contribution in [-0.2, 0) is 0 Å². The molecule has 0 saturated heterocycles. The highest BCUT2D eigenvalue weighted by atomic mass is 28.3. The average molecular weight is 747 g/mol. The molecular formula is C52H66Si2. The lowest BCUT2D eigenvalue weighted by Crippen LogP contribution is -2.41. The van der Waals surface area contributed by atoms with Gasteiger partial charge in [0.15, 0.2) is 16.1 Å². The average Bonchev–Trinajstić information content (AvgIpc) is 3.10. The molecule has 5 aromatic rings. The van der Waals surface area contributed by atoms with E-state index in [2.05, 4.69) is 185 Å². The van der Waals surface area contributed by atoms with Crippen molar-refractivity contribution in [3.63, 3.8) is 0 Å². The summed E-state index contributed by atoms with van der Waals surface area (Å²) in [5, 5.41) is 12.6. The highest BCUT2D eigenvalue weighted by Gasteiger charge is 2.41. The van der Waals surface area contributed by atoms with Crippen LogP contribution in [0.15, 0.2) is 47.8 Å². The third kappa shape index (κ3) is 6.14. The fraction of sp³-hybridized carbons (Fsp3) is 0.423. The van der Waals surface area contributed by atoms with Crippen LogP contribution in [0.25, 0.3) is 43.1 Å². The summed E-state index contributed by atoms with van der Waals surface area (Å²) < 4.78 is 0. The number of hydrogen-bond acceptors (Lipinski definition) is 0. The van der Waals surface area contributed by atoms with E-state index in [-0.39, 0.29) is 0 Å². The van der Waals surface area contributed by atoms with Crippen molar-refractivity contribution in [3.8, 4) is 22.9 Å². The molecule has 0 fully saturated rings. The summed E-state index contributed by atoms with van der Waals surface area (Å²) in [7, 11) is -4.49. The third-order valence-corrected chi connectivity index (χ3v) is 25.4. The highest BCUT2D eigenvalue weighted by Crippen LogP contribution is 2.43. The Hall–Kier alpha value is -3.83. The largest absolute Gasteiger partial charge is 0.169 e.